The monoisotopic (exact) mass is 393 g/mol. The molecule has 3 rings (SSSR count). The van der Waals surface area contributed by atoms with Gasteiger partial charge in [-0.3, -0.25) is 5.10 Å². The van der Waals surface area contributed by atoms with Gasteiger partial charge in [-0.25, -0.2) is 0 Å². The summed E-state index contributed by atoms with van der Waals surface area (Å²) in [5.74, 6) is 1.53. The molecule has 1 aromatic heterocycles. The molecule has 0 fully saturated rings. The van der Waals surface area contributed by atoms with Gasteiger partial charge < -0.3 is 14.4 Å². The average Bonchev–Trinajstić information content (AvgIpc) is 2.97. The zero-order valence-electron chi connectivity index (χ0n) is 14.5. The van der Waals surface area contributed by atoms with E-state index in [9.17, 15) is 0 Å². The van der Waals surface area contributed by atoms with Gasteiger partial charge in [-0.2, -0.15) is 5.10 Å². The van der Waals surface area contributed by atoms with E-state index in [0.29, 0.717) is 13.2 Å². The van der Waals surface area contributed by atoms with E-state index in [2.05, 4.69) is 51.1 Å². The van der Waals surface area contributed by atoms with E-state index in [-0.39, 0.29) is 0 Å². The van der Waals surface area contributed by atoms with Crippen molar-refractivity contribution in [3.63, 3.8) is 0 Å². The van der Waals surface area contributed by atoms with Crippen LogP contribution in [0.25, 0.3) is 11.3 Å². The maximum absolute atomic E-state index is 5.86. The number of aromatic amines is 1. The van der Waals surface area contributed by atoms with Crippen molar-refractivity contribution in [3.05, 3.63) is 27.9 Å². The predicted molar refractivity (Wildman–Crippen MR) is 98.7 cm³/mol. The summed E-state index contributed by atoms with van der Waals surface area (Å²) < 4.78 is 12.6. The molecule has 0 spiro atoms. The van der Waals surface area contributed by atoms with Crippen molar-refractivity contribution < 1.29 is 9.47 Å². The SMILES string of the molecule is CCCOc1c(Br)cc(-c2n[nH]c3c2CN(C)CC3)cc1OCC. The first-order valence-corrected chi connectivity index (χ1v) is 9.27. The summed E-state index contributed by atoms with van der Waals surface area (Å²) in [6.07, 6.45) is 1.97. The average molecular weight is 394 g/mol. The summed E-state index contributed by atoms with van der Waals surface area (Å²) >= 11 is 3.64. The first-order valence-electron chi connectivity index (χ1n) is 8.48. The lowest BCUT2D eigenvalue weighted by molar-refractivity contribution is 0.275. The van der Waals surface area contributed by atoms with Gasteiger partial charge in [0.1, 0.15) is 0 Å². The second-order valence-electron chi connectivity index (χ2n) is 6.08. The van der Waals surface area contributed by atoms with E-state index in [1.54, 1.807) is 0 Å². The Kier molecular flexibility index (Phi) is 5.46. The summed E-state index contributed by atoms with van der Waals surface area (Å²) in [5, 5.41) is 7.77. The molecule has 1 aliphatic heterocycles. The summed E-state index contributed by atoms with van der Waals surface area (Å²) in [4.78, 5) is 2.32. The highest BCUT2D eigenvalue weighted by Crippen LogP contribution is 2.41. The molecular weight excluding hydrogens is 370 g/mol. The Morgan fingerprint density at radius 1 is 1.29 bits per heavy atom. The summed E-state index contributed by atoms with van der Waals surface area (Å²) in [5.41, 5.74) is 4.56. The number of benzene rings is 1. The lowest BCUT2D eigenvalue weighted by Crippen LogP contribution is -2.26. The molecule has 24 heavy (non-hydrogen) atoms. The van der Waals surface area contributed by atoms with E-state index >= 15 is 0 Å². The number of nitrogens with zero attached hydrogens (tertiary/aromatic N) is 2. The van der Waals surface area contributed by atoms with Crippen LogP contribution in [-0.4, -0.2) is 41.9 Å². The van der Waals surface area contributed by atoms with Gasteiger partial charge in [0.15, 0.2) is 11.5 Å². The van der Waals surface area contributed by atoms with Crippen molar-refractivity contribution in [2.75, 3.05) is 26.8 Å². The number of ether oxygens (including phenoxy) is 2. The molecule has 1 aliphatic rings. The van der Waals surface area contributed by atoms with Gasteiger partial charge in [-0.1, -0.05) is 6.92 Å². The van der Waals surface area contributed by atoms with Gasteiger partial charge in [-0.05, 0) is 48.5 Å². The van der Waals surface area contributed by atoms with Crippen LogP contribution in [0.1, 0.15) is 31.5 Å². The third-order valence-corrected chi connectivity index (χ3v) is 4.75. The van der Waals surface area contributed by atoms with Crippen LogP contribution >= 0.6 is 15.9 Å². The minimum absolute atomic E-state index is 0.597. The smallest absolute Gasteiger partial charge is 0.175 e. The van der Waals surface area contributed by atoms with Crippen LogP contribution in [0.15, 0.2) is 16.6 Å². The van der Waals surface area contributed by atoms with Gasteiger partial charge in [0.2, 0.25) is 0 Å². The van der Waals surface area contributed by atoms with Crippen LogP contribution in [0, 0.1) is 0 Å². The van der Waals surface area contributed by atoms with Gasteiger partial charge in [0.25, 0.3) is 0 Å². The van der Waals surface area contributed by atoms with Crippen molar-refractivity contribution in [2.45, 2.75) is 33.2 Å². The van der Waals surface area contributed by atoms with Crippen molar-refractivity contribution in [1.82, 2.24) is 15.1 Å². The van der Waals surface area contributed by atoms with Crippen LogP contribution in [0.2, 0.25) is 0 Å². The number of nitrogens with one attached hydrogen (secondary N) is 1. The topological polar surface area (TPSA) is 50.4 Å². The second kappa shape index (κ2) is 7.57. The number of H-pyrrole nitrogens is 1. The molecule has 130 valence electrons. The van der Waals surface area contributed by atoms with Crippen LogP contribution in [0.5, 0.6) is 11.5 Å². The highest BCUT2D eigenvalue weighted by Gasteiger charge is 2.22. The quantitative estimate of drug-likeness (QED) is 0.804. The minimum atomic E-state index is 0.597. The Balaban J connectivity index is 2.01. The Bertz CT molecular complexity index is 715. The molecule has 0 atom stereocenters. The molecule has 5 nitrogen and oxygen atoms in total. The first kappa shape index (κ1) is 17.3. The molecule has 1 N–H and O–H groups in total. The Hall–Kier alpha value is -1.53. The molecule has 1 aromatic carbocycles. The third kappa shape index (κ3) is 3.44. The standard InChI is InChI=1S/C18H24BrN3O2/c1-4-8-24-18-14(19)9-12(10-16(18)23-5-2)17-13-11-22(3)7-6-15(13)20-21-17/h9-10H,4-8,11H2,1-3H3,(H,20,21). The minimum Gasteiger partial charge on any atom is -0.490 e. The summed E-state index contributed by atoms with van der Waals surface area (Å²) in [6, 6.07) is 4.10. The molecule has 0 saturated carbocycles. The fraction of sp³-hybridized carbons (Fsp3) is 0.500. The van der Waals surface area contributed by atoms with Crippen LogP contribution < -0.4 is 9.47 Å². The number of rotatable bonds is 6. The maximum atomic E-state index is 5.86. The number of halogens is 1. The number of fused-ring (bicyclic) bond motifs is 1. The lowest BCUT2D eigenvalue weighted by atomic mass is 10.0. The Morgan fingerprint density at radius 3 is 2.88 bits per heavy atom. The maximum Gasteiger partial charge on any atom is 0.175 e. The lowest BCUT2D eigenvalue weighted by Gasteiger charge is -2.22. The zero-order valence-corrected chi connectivity index (χ0v) is 16.1. The molecule has 0 radical (unpaired) electrons. The molecule has 0 bridgehead atoms. The largest absolute Gasteiger partial charge is 0.490 e. The highest BCUT2D eigenvalue weighted by atomic mass is 79.9. The van der Waals surface area contributed by atoms with Crippen molar-refractivity contribution >= 4 is 15.9 Å². The number of aromatic nitrogens is 2. The van der Waals surface area contributed by atoms with Crippen LogP contribution in [0.4, 0.5) is 0 Å². The van der Waals surface area contributed by atoms with Crippen LogP contribution in [0.3, 0.4) is 0 Å². The van der Waals surface area contributed by atoms with Crippen LogP contribution in [-0.2, 0) is 13.0 Å². The van der Waals surface area contributed by atoms with E-state index in [1.165, 1.54) is 11.3 Å². The Morgan fingerprint density at radius 2 is 2.12 bits per heavy atom. The van der Waals surface area contributed by atoms with Gasteiger partial charge >= 0.3 is 0 Å². The fourth-order valence-corrected chi connectivity index (χ4v) is 3.54. The molecule has 0 amide bonds. The Labute approximate surface area is 151 Å². The molecule has 6 heteroatoms. The van der Waals surface area contributed by atoms with Gasteiger partial charge in [0.05, 0.1) is 23.4 Å². The second-order valence-corrected chi connectivity index (χ2v) is 6.94. The van der Waals surface area contributed by atoms with Crippen molar-refractivity contribution in [3.8, 4) is 22.8 Å². The van der Waals surface area contributed by atoms with E-state index in [4.69, 9.17) is 9.47 Å². The van der Waals surface area contributed by atoms with Gasteiger partial charge in [0, 0.05) is 36.3 Å². The molecule has 2 heterocycles. The number of hydrogen-bond donors (Lipinski definition) is 1. The van der Waals surface area contributed by atoms with Crippen molar-refractivity contribution in [2.24, 2.45) is 0 Å². The van der Waals surface area contributed by atoms with Crippen molar-refractivity contribution in [1.29, 1.82) is 0 Å². The molecule has 0 unspecified atom stereocenters. The van der Waals surface area contributed by atoms with E-state index < -0.39 is 0 Å². The normalized spacial score (nSPS) is 14.5. The number of likely N-dealkylation sites (N-methyl/N-ethyl adjacent to an activating group) is 1. The predicted octanol–water partition coefficient (Wildman–Crippen LogP) is 4.01. The van der Waals surface area contributed by atoms with E-state index in [1.807, 2.05) is 13.0 Å². The summed E-state index contributed by atoms with van der Waals surface area (Å²) in [7, 11) is 2.14. The molecular formula is C18H24BrN3O2. The molecule has 0 aliphatic carbocycles. The van der Waals surface area contributed by atoms with E-state index in [0.717, 1.165) is 53.2 Å². The third-order valence-electron chi connectivity index (χ3n) is 4.16. The zero-order chi connectivity index (χ0) is 17.1. The highest BCUT2D eigenvalue weighted by molar-refractivity contribution is 9.10. The summed E-state index contributed by atoms with van der Waals surface area (Å²) in [6.45, 7) is 7.31. The van der Waals surface area contributed by atoms with Gasteiger partial charge in [-0.15, -0.1) is 0 Å². The first-order chi connectivity index (χ1) is 11.6. The fourth-order valence-electron chi connectivity index (χ4n) is 2.98. The molecule has 0 saturated heterocycles. The number of hydrogen-bond acceptors (Lipinski definition) is 4. The molecule has 2 aromatic rings.